The van der Waals surface area contributed by atoms with Gasteiger partial charge in [-0.1, -0.05) is 6.92 Å². The van der Waals surface area contributed by atoms with E-state index in [-0.39, 0.29) is 18.8 Å². The van der Waals surface area contributed by atoms with E-state index in [9.17, 15) is 13.9 Å². The Morgan fingerprint density at radius 3 is 2.76 bits per heavy atom. The maximum absolute atomic E-state index is 13.2. The van der Waals surface area contributed by atoms with Crippen molar-refractivity contribution < 1.29 is 13.9 Å². The second kappa shape index (κ2) is 6.10. The summed E-state index contributed by atoms with van der Waals surface area (Å²) < 4.78 is 26.5. The standard InChI is InChI=1S/C13H25F2NO/c1-3-7-16-10-12(2,17)8-11-5-4-6-13(14,15)9-11/h11,16-17H,3-10H2,1-2H3. The molecule has 102 valence electrons. The topological polar surface area (TPSA) is 32.3 Å². The highest BCUT2D eigenvalue weighted by Gasteiger charge is 2.38. The fraction of sp³-hybridized carbons (Fsp3) is 1.00. The summed E-state index contributed by atoms with van der Waals surface area (Å²) in [5.41, 5.74) is -0.868. The van der Waals surface area contributed by atoms with E-state index in [0.29, 0.717) is 19.4 Å². The van der Waals surface area contributed by atoms with Crippen LogP contribution in [-0.4, -0.2) is 29.7 Å². The van der Waals surface area contributed by atoms with Gasteiger partial charge >= 0.3 is 0 Å². The normalized spacial score (nSPS) is 27.7. The lowest BCUT2D eigenvalue weighted by Crippen LogP contribution is -2.41. The number of halogens is 2. The Balaban J connectivity index is 2.35. The van der Waals surface area contributed by atoms with Crippen LogP contribution in [0.1, 0.15) is 52.4 Å². The molecule has 0 aromatic heterocycles. The van der Waals surface area contributed by atoms with Gasteiger partial charge in [-0.15, -0.1) is 0 Å². The van der Waals surface area contributed by atoms with Gasteiger partial charge in [0.05, 0.1) is 5.60 Å². The van der Waals surface area contributed by atoms with Crippen LogP contribution in [0.5, 0.6) is 0 Å². The van der Waals surface area contributed by atoms with Crippen molar-refractivity contribution in [2.24, 2.45) is 5.92 Å². The molecule has 0 aromatic carbocycles. The maximum atomic E-state index is 13.2. The summed E-state index contributed by atoms with van der Waals surface area (Å²) in [5, 5.41) is 13.3. The minimum absolute atomic E-state index is 0.0136. The maximum Gasteiger partial charge on any atom is 0.248 e. The molecular formula is C13H25F2NO. The van der Waals surface area contributed by atoms with Gasteiger partial charge in [0.15, 0.2) is 0 Å². The van der Waals surface area contributed by atoms with Gasteiger partial charge in [0.2, 0.25) is 5.92 Å². The lowest BCUT2D eigenvalue weighted by molar-refractivity contribution is -0.0678. The van der Waals surface area contributed by atoms with Crippen LogP contribution in [0.2, 0.25) is 0 Å². The second-order valence-corrected chi connectivity index (χ2v) is 5.70. The monoisotopic (exact) mass is 249 g/mol. The zero-order chi connectivity index (χ0) is 12.9. The predicted molar refractivity (Wildman–Crippen MR) is 65.3 cm³/mol. The summed E-state index contributed by atoms with van der Waals surface area (Å²) in [6, 6.07) is 0. The average Bonchev–Trinajstić information content (AvgIpc) is 2.15. The highest BCUT2D eigenvalue weighted by atomic mass is 19.3. The van der Waals surface area contributed by atoms with Crippen molar-refractivity contribution in [1.82, 2.24) is 5.32 Å². The Morgan fingerprint density at radius 2 is 2.18 bits per heavy atom. The molecule has 1 rings (SSSR count). The first-order valence-electron chi connectivity index (χ1n) is 6.65. The molecule has 1 saturated carbocycles. The van der Waals surface area contributed by atoms with Gasteiger partial charge in [-0.05, 0) is 45.1 Å². The highest BCUT2D eigenvalue weighted by Crippen LogP contribution is 2.39. The summed E-state index contributed by atoms with van der Waals surface area (Å²) in [6.45, 7) is 5.14. The molecule has 0 aliphatic heterocycles. The van der Waals surface area contributed by atoms with Crippen molar-refractivity contribution in [3.05, 3.63) is 0 Å². The molecule has 2 unspecified atom stereocenters. The van der Waals surface area contributed by atoms with Gasteiger partial charge in [-0.3, -0.25) is 0 Å². The van der Waals surface area contributed by atoms with E-state index in [1.54, 1.807) is 6.92 Å². The molecular weight excluding hydrogens is 224 g/mol. The molecule has 1 fully saturated rings. The molecule has 0 saturated heterocycles. The Kier molecular flexibility index (Phi) is 5.32. The second-order valence-electron chi connectivity index (χ2n) is 5.70. The molecule has 0 aromatic rings. The van der Waals surface area contributed by atoms with E-state index in [1.165, 1.54) is 0 Å². The Labute approximate surface area is 103 Å². The molecule has 1 aliphatic rings. The van der Waals surface area contributed by atoms with Crippen LogP contribution in [0.4, 0.5) is 8.78 Å². The first-order valence-corrected chi connectivity index (χ1v) is 6.65. The molecule has 2 atom stereocenters. The first-order chi connectivity index (χ1) is 7.85. The van der Waals surface area contributed by atoms with Crippen molar-refractivity contribution in [3.8, 4) is 0 Å². The quantitative estimate of drug-likeness (QED) is 0.709. The first kappa shape index (κ1) is 14.8. The van der Waals surface area contributed by atoms with E-state index in [4.69, 9.17) is 0 Å². The number of rotatable bonds is 6. The van der Waals surface area contributed by atoms with Crippen molar-refractivity contribution in [2.45, 2.75) is 63.9 Å². The molecule has 0 heterocycles. The Bertz CT molecular complexity index is 231. The Morgan fingerprint density at radius 1 is 1.47 bits per heavy atom. The van der Waals surface area contributed by atoms with E-state index < -0.39 is 11.5 Å². The third-order valence-electron chi connectivity index (χ3n) is 3.40. The van der Waals surface area contributed by atoms with Crippen molar-refractivity contribution in [2.75, 3.05) is 13.1 Å². The van der Waals surface area contributed by atoms with Gasteiger partial charge < -0.3 is 10.4 Å². The zero-order valence-electron chi connectivity index (χ0n) is 10.9. The number of aliphatic hydroxyl groups is 1. The fourth-order valence-electron chi connectivity index (χ4n) is 2.68. The molecule has 2 nitrogen and oxygen atoms in total. The number of hydrogen-bond acceptors (Lipinski definition) is 2. The summed E-state index contributed by atoms with van der Waals surface area (Å²) in [6.07, 6.45) is 2.84. The predicted octanol–water partition coefficient (Wildman–Crippen LogP) is 2.95. The summed E-state index contributed by atoms with van der Waals surface area (Å²) in [4.78, 5) is 0. The van der Waals surface area contributed by atoms with Crippen molar-refractivity contribution in [1.29, 1.82) is 0 Å². The van der Waals surface area contributed by atoms with Crippen molar-refractivity contribution >= 4 is 0 Å². The smallest absolute Gasteiger partial charge is 0.248 e. The molecule has 17 heavy (non-hydrogen) atoms. The summed E-state index contributed by atoms with van der Waals surface area (Å²) in [7, 11) is 0. The molecule has 4 heteroatoms. The van der Waals surface area contributed by atoms with Gasteiger partial charge in [0.25, 0.3) is 0 Å². The van der Waals surface area contributed by atoms with Crippen LogP contribution in [0, 0.1) is 5.92 Å². The lowest BCUT2D eigenvalue weighted by atomic mass is 9.80. The van der Waals surface area contributed by atoms with E-state index >= 15 is 0 Å². The van der Waals surface area contributed by atoms with Crippen molar-refractivity contribution in [3.63, 3.8) is 0 Å². The van der Waals surface area contributed by atoms with E-state index in [0.717, 1.165) is 19.4 Å². The van der Waals surface area contributed by atoms with Crippen LogP contribution in [0.15, 0.2) is 0 Å². The highest BCUT2D eigenvalue weighted by molar-refractivity contribution is 4.85. The largest absolute Gasteiger partial charge is 0.389 e. The molecule has 2 N–H and O–H groups in total. The lowest BCUT2D eigenvalue weighted by Gasteiger charge is -2.34. The fourth-order valence-corrected chi connectivity index (χ4v) is 2.68. The van der Waals surface area contributed by atoms with Gasteiger partial charge in [0, 0.05) is 19.4 Å². The van der Waals surface area contributed by atoms with Gasteiger partial charge in [-0.25, -0.2) is 8.78 Å². The average molecular weight is 249 g/mol. The molecule has 0 amide bonds. The van der Waals surface area contributed by atoms with Crippen LogP contribution in [0.25, 0.3) is 0 Å². The molecule has 0 radical (unpaired) electrons. The van der Waals surface area contributed by atoms with Crippen LogP contribution in [-0.2, 0) is 0 Å². The molecule has 1 aliphatic carbocycles. The molecule has 0 spiro atoms. The van der Waals surface area contributed by atoms with Gasteiger partial charge in [-0.2, -0.15) is 0 Å². The van der Waals surface area contributed by atoms with Crippen LogP contribution in [0.3, 0.4) is 0 Å². The van der Waals surface area contributed by atoms with E-state index in [2.05, 4.69) is 12.2 Å². The van der Waals surface area contributed by atoms with Gasteiger partial charge in [0.1, 0.15) is 0 Å². The number of nitrogens with one attached hydrogen (secondary N) is 1. The van der Waals surface area contributed by atoms with Crippen LogP contribution < -0.4 is 5.32 Å². The SMILES string of the molecule is CCCNCC(C)(O)CC1CCCC(F)(F)C1. The number of hydrogen-bond donors (Lipinski definition) is 2. The van der Waals surface area contributed by atoms with E-state index in [1.807, 2.05) is 0 Å². The minimum atomic E-state index is -2.52. The summed E-state index contributed by atoms with van der Waals surface area (Å²) in [5.74, 6) is -2.56. The Hall–Kier alpha value is -0.220. The summed E-state index contributed by atoms with van der Waals surface area (Å²) >= 11 is 0. The third-order valence-corrected chi connectivity index (χ3v) is 3.40. The number of alkyl halides is 2. The molecule has 0 bridgehead atoms. The zero-order valence-corrected chi connectivity index (χ0v) is 10.9. The third kappa shape index (κ3) is 5.77. The van der Waals surface area contributed by atoms with Crippen LogP contribution >= 0.6 is 0 Å². The minimum Gasteiger partial charge on any atom is -0.389 e.